The molecule has 0 aliphatic carbocycles. The second-order valence-electron chi connectivity index (χ2n) is 8.51. The Kier molecular flexibility index (Phi) is 7.26. The van der Waals surface area contributed by atoms with Crippen molar-refractivity contribution in [2.75, 3.05) is 5.32 Å². The maximum absolute atomic E-state index is 12.9. The van der Waals surface area contributed by atoms with Crippen molar-refractivity contribution in [3.63, 3.8) is 0 Å². The van der Waals surface area contributed by atoms with Gasteiger partial charge < -0.3 is 20.7 Å². The molecule has 0 bridgehead atoms. The van der Waals surface area contributed by atoms with Gasteiger partial charge in [-0.1, -0.05) is 42.0 Å². The van der Waals surface area contributed by atoms with E-state index < -0.39 is 12.0 Å². The van der Waals surface area contributed by atoms with Gasteiger partial charge in [0, 0.05) is 24.4 Å². The molecule has 0 saturated heterocycles. The van der Waals surface area contributed by atoms with Crippen molar-refractivity contribution >= 4 is 29.4 Å². The molecule has 1 atom stereocenters. The summed E-state index contributed by atoms with van der Waals surface area (Å²) in [4.78, 5) is 32.9. The Hall–Kier alpha value is -3.98. The SMILES string of the molecule is Cc1cc(C)c(C(=O)NC(Cc2ccc(-c3cc(CNc4ncc[nH]4)ns3)cc2)C(=O)O)c(C)c1. The number of carbonyl (C=O) groups excluding carboxylic acids is 1. The maximum atomic E-state index is 12.9. The van der Waals surface area contributed by atoms with Crippen LogP contribution in [0.25, 0.3) is 10.4 Å². The van der Waals surface area contributed by atoms with Gasteiger partial charge >= 0.3 is 5.97 Å². The van der Waals surface area contributed by atoms with Crippen LogP contribution in [0.3, 0.4) is 0 Å². The molecule has 9 heteroatoms. The first-order chi connectivity index (χ1) is 16.8. The maximum Gasteiger partial charge on any atom is 0.326 e. The first-order valence-electron chi connectivity index (χ1n) is 11.2. The molecule has 1 unspecified atom stereocenters. The lowest BCUT2D eigenvalue weighted by Crippen LogP contribution is -2.42. The molecule has 1 amide bonds. The summed E-state index contributed by atoms with van der Waals surface area (Å²) in [5, 5.41) is 15.6. The number of aromatic nitrogens is 3. The van der Waals surface area contributed by atoms with Crippen molar-refractivity contribution in [3.05, 3.63) is 88.4 Å². The molecule has 180 valence electrons. The van der Waals surface area contributed by atoms with Gasteiger partial charge in [0.1, 0.15) is 6.04 Å². The minimum absolute atomic E-state index is 0.187. The third-order valence-corrected chi connectivity index (χ3v) is 6.56. The van der Waals surface area contributed by atoms with Crippen molar-refractivity contribution in [2.45, 2.75) is 39.8 Å². The monoisotopic (exact) mass is 489 g/mol. The van der Waals surface area contributed by atoms with Gasteiger partial charge in [-0.25, -0.2) is 9.78 Å². The highest BCUT2D eigenvalue weighted by Gasteiger charge is 2.23. The Bertz CT molecular complexity index is 1310. The van der Waals surface area contributed by atoms with Crippen LogP contribution in [0.5, 0.6) is 0 Å². The number of carbonyl (C=O) groups is 2. The van der Waals surface area contributed by atoms with E-state index in [0.717, 1.165) is 38.4 Å². The van der Waals surface area contributed by atoms with Gasteiger partial charge in [-0.3, -0.25) is 4.79 Å². The van der Waals surface area contributed by atoms with Crippen molar-refractivity contribution in [1.29, 1.82) is 0 Å². The second kappa shape index (κ2) is 10.5. The van der Waals surface area contributed by atoms with Gasteiger partial charge in [0.05, 0.1) is 17.1 Å². The van der Waals surface area contributed by atoms with Gasteiger partial charge in [-0.2, -0.15) is 4.37 Å². The zero-order valence-electron chi connectivity index (χ0n) is 19.8. The number of nitrogens with zero attached hydrogens (tertiary/aromatic N) is 2. The quantitative estimate of drug-likeness (QED) is 0.275. The topological polar surface area (TPSA) is 120 Å². The summed E-state index contributed by atoms with van der Waals surface area (Å²) in [5.74, 6) is -0.748. The van der Waals surface area contributed by atoms with Crippen molar-refractivity contribution < 1.29 is 14.7 Å². The summed E-state index contributed by atoms with van der Waals surface area (Å²) in [7, 11) is 0. The first-order valence-corrected chi connectivity index (χ1v) is 12.0. The van der Waals surface area contributed by atoms with Crippen molar-refractivity contribution in [1.82, 2.24) is 19.7 Å². The highest BCUT2D eigenvalue weighted by atomic mass is 32.1. The number of benzene rings is 2. The van der Waals surface area contributed by atoms with Crippen LogP contribution < -0.4 is 10.6 Å². The van der Waals surface area contributed by atoms with Crippen LogP contribution in [0.15, 0.2) is 54.9 Å². The lowest BCUT2D eigenvalue weighted by molar-refractivity contribution is -0.139. The van der Waals surface area contributed by atoms with E-state index in [-0.39, 0.29) is 12.3 Å². The Labute approximate surface area is 207 Å². The molecule has 2 aromatic heterocycles. The number of hydrogen-bond donors (Lipinski definition) is 4. The standard InChI is InChI=1S/C26H27N5O3S/c1-15-10-16(2)23(17(3)11-15)24(32)30-21(25(33)34)12-18-4-6-19(7-5-18)22-13-20(31-35-22)14-29-26-27-8-9-28-26/h4-11,13,21H,12,14H2,1-3H3,(H,30,32)(H,33,34)(H2,27,28,29). The average molecular weight is 490 g/mol. The molecular weight excluding hydrogens is 462 g/mol. The van der Waals surface area contributed by atoms with Crippen molar-refractivity contribution in [3.8, 4) is 10.4 Å². The highest BCUT2D eigenvalue weighted by Crippen LogP contribution is 2.26. The molecule has 4 aromatic rings. The van der Waals surface area contributed by atoms with Crippen LogP contribution in [0.4, 0.5) is 5.95 Å². The number of H-pyrrole nitrogens is 1. The Balaban J connectivity index is 1.41. The first kappa shape index (κ1) is 24.2. The predicted molar refractivity (Wildman–Crippen MR) is 137 cm³/mol. The van der Waals surface area contributed by atoms with E-state index in [0.29, 0.717) is 18.1 Å². The van der Waals surface area contributed by atoms with Crippen LogP contribution in [0, 0.1) is 20.8 Å². The van der Waals surface area contributed by atoms with E-state index in [4.69, 9.17) is 0 Å². The normalized spacial score (nSPS) is 11.7. The van der Waals surface area contributed by atoms with E-state index in [1.165, 1.54) is 11.5 Å². The number of aliphatic carboxylic acids is 1. The van der Waals surface area contributed by atoms with Crippen LogP contribution in [0.1, 0.15) is 38.3 Å². The molecule has 0 spiro atoms. The molecule has 4 N–H and O–H groups in total. The third-order valence-electron chi connectivity index (χ3n) is 5.68. The van der Waals surface area contributed by atoms with Crippen LogP contribution in [-0.2, 0) is 17.8 Å². The number of hydrogen-bond acceptors (Lipinski definition) is 6. The summed E-state index contributed by atoms with van der Waals surface area (Å²) in [5.41, 5.74) is 5.97. The lowest BCUT2D eigenvalue weighted by Gasteiger charge is -2.17. The number of amides is 1. The van der Waals surface area contributed by atoms with E-state index in [1.807, 2.05) is 63.2 Å². The fourth-order valence-corrected chi connectivity index (χ4v) is 4.84. The summed E-state index contributed by atoms with van der Waals surface area (Å²) in [6, 6.07) is 12.5. The number of rotatable bonds is 9. The number of anilines is 1. The Morgan fingerprint density at radius 1 is 1.09 bits per heavy atom. The lowest BCUT2D eigenvalue weighted by atomic mass is 9.98. The fourth-order valence-electron chi connectivity index (χ4n) is 4.08. The molecule has 8 nitrogen and oxygen atoms in total. The molecule has 2 heterocycles. The van der Waals surface area contributed by atoms with E-state index in [9.17, 15) is 14.7 Å². The molecule has 4 rings (SSSR count). The van der Waals surface area contributed by atoms with Crippen molar-refractivity contribution in [2.24, 2.45) is 0 Å². The van der Waals surface area contributed by atoms with E-state index in [2.05, 4.69) is 25.0 Å². The van der Waals surface area contributed by atoms with Crippen LogP contribution in [0.2, 0.25) is 0 Å². The zero-order valence-corrected chi connectivity index (χ0v) is 20.6. The highest BCUT2D eigenvalue weighted by molar-refractivity contribution is 7.09. The second-order valence-corrected chi connectivity index (χ2v) is 9.32. The molecule has 0 aliphatic heterocycles. The molecule has 35 heavy (non-hydrogen) atoms. The van der Waals surface area contributed by atoms with Gasteiger partial charge in [0.2, 0.25) is 0 Å². The Morgan fingerprint density at radius 2 is 1.80 bits per heavy atom. The molecule has 0 saturated carbocycles. The van der Waals surface area contributed by atoms with Gasteiger partial charge in [0.15, 0.2) is 5.95 Å². The number of carboxylic acids is 1. The largest absolute Gasteiger partial charge is 0.480 e. The molecule has 0 radical (unpaired) electrons. The van der Waals surface area contributed by atoms with Crippen LogP contribution in [-0.4, -0.2) is 37.4 Å². The minimum Gasteiger partial charge on any atom is -0.480 e. The van der Waals surface area contributed by atoms with E-state index >= 15 is 0 Å². The summed E-state index contributed by atoms with van der Waals surface area (Å²) >= 11 is 1.40. The van der Waals surface area contributed by atoms with E-state index in [1.54, 1.807) is 12.4 Å². The molecule has 0 fully saturated rings. The number of carboxylic acid groups (broad SMARTS) is 1. The average Bonchev–Trinajstić information content (AvgIpc) is 3.49. The number of nitrogens with one attached hydrogen (secondary N) is 3. The van der Waals surface area contributed by atoms with Gasteiger partial charge in [-0.15, -0.1) is 0 Å². The molecule has 0 aliphatic rings. The third kappa shape index (κ3) is 5.93. The summed E-state index contributed by atoms with van der Waals surface area (Å²) < 4.78 is 4.48. The summed E-state index contributed by atoms with van der Waals surface area (Å²) in [6.45, 7) is 6.25. The Morgan fingerprint density at radius 3 is 2.43 bits per heavy atom. The zero-order chi connectivity index (χ0) is 24.9. The van der Waals surface area contributed by atoms with Gasteiger partial charge in [-0.05, 0) is 60.6 Å². The number of aryl methyl sites for hydroxylation is 3. The predicted octanol–water partition coefficient (Wildman–Crippen LogP) is 4.50. The minimum atomic E-state index is -1.07. The number of imidazole rings is 1. The van der Waals surface area contributed by atoms with Gasteiger partial charge in [0.25, 0.3) is 5.91 Å². The molecular formula is C26H27N5O3S. The van der Waals surface area contributed by atoms with Crippen LogP contribution >= 0.6 is 11.5 Å². The number of aromatic amines is 1. The fraction of sp³-hybridized carbons (Fsp3) is 0.231. The smallest absolute Gasteiger partial charge is 0.326 e. The molecule has 2 aromatic carbocycles. The summed E-state index contributed by atoms with van der Waals surface area (Å²) in [6.07, 6.45) is 3.62.